The molecule has 0 aliphatic rings. The van der Waals surface area contributed by atoms with Crippen molar-refractivity contribution in [3.05, 3.63) is 0 Å². The summed E-state index contributed by atoms with van der Waals surface area (Å²) in [4.78, 5) is 60.0. The van der Waals surface area contributed by atoms with Gasteiger partial charge in [-0.05, 0) is 38.6 Å². The van der Waals surface area contributed by atoms with E-state index in [0.29, 0.717) is 25.8 Å². The van der Waals surface area contributed by atoms with Gasteiger partial charge < -0.3 is 38.3 Å². The van der Waals surface area contributed by atoms with Crippen LogP contribution in [-0.2, 0) is 24.0 Å². The van der Waals surface area contributed by atoms with Gasteiger partial charge >= 0.3 is 5.97 Å². The highest BCUT2D eigenvalue weighted by molar-refractivity contribution is 5.94. The smallest absolute Gasteiger partial charge is 0.326 e. The minimum Gasteiger partial charge on any atom is -0.480 e. The average molecular weight is 445 g/mol. The molecule has 0 rings (SSSR count). The Morgan fingerprint density at radius 3 is 1.94 bits per heavy atom. The lowest BCUT2D eigenvalue weighted by Gasteiger charge is -2.27. The second-order valence-corrected chi connectivity index (χ2v) is 7.58. The lowest BCUT2D eigenvalue weighted by molar-refractivity contribution is -0.143. The Morgan fingerprint density at radius 1 is 0.903 bits per heavy atom. The van der Waals surface area contributed by atoms with E-state index >= 15 is 0 Å². The van der Waals surface area contributed by atoms with Gasteiger partial charge in [-0.15, -0.1) is 0 Å². The van der Waals surface area contributed by atoms with Gasteiger partial charge in [0.25, 0.3) is 0 Å². The first-order chi connectivity index (χ1) is 14.4. The van der Waals surface area contributed by atoms with Gasteiger partial charge in [-0.2, -0.15) is 0 Å². The van der Waals surface area contributed by atoms with Crippen LogP contribution >= 0.6 is 0 Å². The van der Waals surface area contributed by atoms with Gasteiger partial charge in [-0.25, -0.2) is 4.79 Å². The summed E-state index contributed by atoms with van der Waals surface area (Å²) in [6.45, 7) is 5.47. The summed E-state index contributed by atoms with van der Waals surface area (Å²) >= 11 is 0. The van der Waals surface area contributed by atoms with Gasteiger partial charge in [0.15, 0.2) is 0 Å². The van der Waals surface area contributed by atoms with Crippen molar-refractivity contribution in [2.24, 2.45) is 23.1 Å². The molecule has 0 heterocycles. The molecule has 31 heavy (non-hydrogen) atoms. The summed E-state index contributed by atoms with van der Waals surface area (Å²) in [6, 6.07) is -4.38. The molecule has 12 heteroatoms. The monoisotopic (exact) mass is 444 g/mol. The SMILES string of the molecule is CCC(C)C(NC(=O)C(C)N)C(=O)NC(CCCCN)C(=O)NC(CC(N)=O)C(=O)O. The number of hydrogen-bond acceptors (Lipinski definition) is 7. The Bertz CT molecular complexity index is 641. The fourth-order valence-corrected chi connectivity index (χ4v) is 2.68. The van der Waals surface area contributed by atoms with Crippen LogP contribution in [0, 0.1) is 5.92 Å². The molecule has 178 valence electrons. The third-order valence-electron chi connectivity index (χ3n) is 4.81. The predicted octanol–water partition coefficient (Wildman–Crippen LogP) is -2.08. The molecule has 0 aromatic rings. The van der Waals surface area contributed by atoms with E-state index in [0.717, 1.165) is 0 Å². The van der Waals surface area contributed by atoms with E-state index < -0.39 is 60.2 Å². The zero-order valence-electron chi connectivity index (χ0n) is 18.3. The largest absolute Gasteiger partial charge is 0.480 e. The zero-order chi connectivity index (χ0) is 24.1. The highest BCUT2D eigenvalue weighted by Gasteiger charge is 2.32. The zero-order valence-corrected chi connectivity index (χ0v) is 18.3. The van der Waals surface area contributed by atoms with Gasteiger partial charge in [0, 0.05) is 0 Å². The highest BCUT2D eigenvalue weighted by atomic mass is 16.4. The number of carbonyl (C=O) groups is 5. The summed E-state index contributed by atoms with van der Waals surface area (Å²) in [5.74, 6) is -4.47. The van der Waals surface area contributed by atoms with Crippen LogP contribution in [-0.4, -0.2) is 65.4 Å². The van der Waals surface area contributed by atoms with Crippen molar-refractivity contribution >= 4 is 29.6 Å². The van der Waals surface area contributed by atoms with Crippen LogP contribution in [0.25, 0.3) is 0 Å². The first kappa shape index (κ1) is 28.3. The maximum absolute atomic E-state index is 12.9. The van der Waals surface area contributed by atoms with Crippen LogP contribution in [0.15, 0.2) is 0 Å². The molecule has 0 bridgehead atoms. The van der Waals surface area contributed by atoms with Gasteiger partial charge in [-0.3, -0.25) is 19.2 Å². The minimum absolute atomic E-state index is 0.187. The standard InChI is InChI=1S/C19H36N6O6/c1-4-10(2)15(25-16(27)11(3)21)18(29)23-12(7-5-6-8-20)17(28)24-13(19(30)31)9-14(22)26/h10-13,15H,4-9,20-21H2,1-3H3,(H2,22,26)(H,23,29)(H,24,28)(H,25,27)(H,30,31). The molecule has 0 aliphatic carbocycles. The van der Waals surface area contributed by atoms with Crippen LogP contribution in [0.4, 0.5) is 0 Å². The Labute approximate surface area is 182 Å². The number of primary amides is 1. The fourth-order valence-electron chi connectivity index (χ4n) is 2.68. The Hall–Kier alpha value is -2.73. The number of hydrogen-bond donors (Lipinski definition) is 7. The molecule has 0 spiro atoms. The van der Waals surface area contributed by atoms with Crippen LogP contribution in [0.5, 0.6) is 0 Å². The number of nitrogens with two attached hydrogens (primary N) is 3. The number of nitrogens with one attached hydrogen (secondary N) is 3. The molecule has 0 saturated heterocycles. The number of carboxylic acid groups (broad SMARTS) is 1. The molecule has 10 N–H and O–H groups in total. The number of rotatable bonds is 15. The maximum atomic E-state index is 12.9. The molecule has 0 saturated carbocycles. The minimum atomic E-state index is -1.53. The molecule has 5 atom stereocenters. The third kappa shape index (κ3) is 10.7. The van der Waals surface area contributed by atoms with E-state index in [2.05, 4.69) is 16.0 Å². The molecule has 4 amide bonds. The van der Waals surface area contributed by atoms with Gasteiger partial charge in [-0.1, -0.05) is 20.3 Å². The van der Waals surface area contributed by atoms with E-state index in [4.69, 9.17) is 17.2 Å². The van der Waals surface area contributed by atoms with Crippen LogP contribution in [0.1, 0.15) is 52.9 Å². The van der Waals surface area contributed by atoms with Crippen molar-refractivity contribution in [3.8, 4) is 0 Å². The Kier molecular flexibility index (Phi) is 13.0. The van der Waals surface area contributed by atoms with Gasteiger partial charge in [0.05, 0.1) is 12.5 Å². The summed E-state index contributed by atoms with van der Waals surface area (Å²) in [7, 11) is 0. The number of amides is 4. The number of aliphatic carboxylic acids is 1. The normalized spacial score (nSPS) is 15.6. The topological polar surface area (TPSA) is 220 Å². The second-order valence-electron chi connectivity index (χ2n) is 7.58. The van der Waals surface area contributed by atoms with E-state index in [1.54, 1.807) is 6.92 Å². The average Bonchev–Trinajstić information content (AvgIpc) is 2.69. The lowest BCUT2D eigenvalue weighted by atomic mass is 9.97. The highest BCUT2D eigenvalue weighted by Crippen LogP contribution is 2.10. The van der Waals surface area contributed by atoms with Gasteiger partial charge in [0.1, 0.15) is 18.1 Å². The van der Waals surface area contributed by atoms with Crippen molar-refractivity contribution in [2.75, 3.05) is 6.54 Å². The molecule has 0 aromatic carbocycles. The first-order valence-electron chi connectivity index (χ1n) is 10.3. The van der Waals surface area contributed by atoms with Crippen molar-refractivity contribution in [3.63, 3.8) is 0 Å². The van der Waals surface area contributed by atoms with E-state index in [9.17, 15) is 29.1 Å². The Morgan fingerprint density at radius 2 is 1.48 bits per heavy atom. The molecular weight excluding hydrogens is 408 g/mol. The summed E-state index contributed by atoms with van der Waals surface area (Å²) < 4.78 is 0. The van der Waals surface area contributed by atoms with Crippen molar-refractivity contribution < 1.29 is 29.1 Å². The molecule has 0 aromatic heterocycles. The summed E-state index contributed by atoms with van der Waals surface area (Å²) in [5, 5.41) is 16.6. The van der Waals surface area contributed by atoms with E-state index in [-0.39, 0.29) is 12.3 Å². The molecule has 5 unspecified atom stereocenters. The lowest BCUT2D eigenvalue weighted by Crippen LogP contribution is -2.58. The van der Waals surface area contributed by atoms with Gasteiger partial charge in [0.2, 0.25) is 23.6 Å². The van der Waals surface area contributed by atoms with Crippen molar-refractivity contribution in [2.45, 2.75) is 77.0 Å². The molecule has 12 nitrogen and oxygen atoms in total. The summed E-state index contributed by atoms with van der Waals surface area (Å²) in [5.41, 5.74) is 16.1. The molecular formula is C19H36N6O6. The van der Waals surface area contributed by atoms with E-state index in [1.807, 2.05) is 6.92 Å². The van der Waals surface area contributed by atoms with Crippen LogP contribution in [0.3, 0.4) is 0 Å². The predicted molar refractivity (Wildman–Crippen MR) is 113 cm³/mol. The van der Waals surface area contributed by atoms with Crippen molar-refractivity contribution in [1.82, 2.24) is 16.0 Å². The number of carbonyl (C=O) groups excluding carboxylic acids is 4. The Balaban J connectivity index is 5.50. The van der Waals surface area contributed by atoms with Crippen LogP contribution in [0.2, 0.25) is 0 Å². The molecule has 0 aliphatic heterocycles. The third-order valence-corrected chi connectivity index (χ3v) is 4.81. The number of carboxylic acids is 1. The quantitative estimate of drug-likeness (QED) is 0.139. The fraction of sp³-hybridized carbons (Fsp3) is 0.737. The molecule has 0 radical (unpaired) electrons. The number of unbranched alkanes of at least 4 members (excludes halogenated alkanes) is 1. The summed E-state index contributed by atoms with van der Waals surface area (Å²) in [6.07, 6.45) is 1.24. The molecule has 0 fully saturated rings. The maximum Gasteiger partial charge on any atom is 0.326 e. The first-order valence-corrected chi connectivity index (χ1v) is 10.3. The van der Waals surface area contributed by atoms with Crippen molar-refractivity contribution in [1.29, 1.82) is 0 Å². The van der Waals surface area contributed by atoms with Crippen LogP contribution < -0.4 is 33.2 Å². The van der Waals surface area contributed by atoms with E-state index in [1.165, 1.54) is 6.92 Å². The second kappa shape index (κ2) is 14.3.